The molecule has 2 aromatic rings. The Morgan fingerprint density at radius 3 is 1.62 bits per heavy atom. The monoisotopic (exact) mass is 1640 g/mol. The number of alkyl carbamates (subject to hydrolysis) is 1. The number of Topliss-reactive ketones (excluding diaryl/α,β-unsaturated/α-hetero) is 2. The van der Waals surface area contributed by atoms with Gasteiger partial charge in [0.1, 0.15) is 30.5 Å². The van der Waals surface area contributed by atoms with Crippen LogP contribution in [0.1, 0.15) is 173 Å². The van der Waals surface area contributed by atoms with E-state index in [9.17, 15) is 63.9 Å². The van der Waals surface area contributed by atoms with E-state index in [1.54, 1.807) is 67.6 Å². The molecule has 0 bridgehead atoms. The molecular weight excluding hydrogens is 1530 g/mol. The second-order valence-corrected chi connectivity index (χ2v) is 27.5. The van der Waals surface area contributed by atoms with Crippen LogP contribution in [0, 0.1) is 154 Å². The van der Waals surface area contributed by atoms with Gasteiger partial charge in [-0.25, -0.2) is 4.79 Å². The van der Waals surface area contributed by atoms with Crippen LogP contribution in [0.5, 0.6) is 0 Å². The molecule has 5 amide bonds. The van der Waals surface area contributed by atoms with Crippen molar-refractivity contribution in [2.75, 3.05) is 46.7 Å². The number of oxime groups is 1. The molecule has 16 N–H and O–H groups in total. The Morgan fingerprint density at radius 1 is 0.558 bits per heavy atom. The lowest BCUT2D eigenvalue weighted by atomic mass is 9.88. The molecule has 0 spiro atoms. The van der Waals surface area contributed by atoms with Crippen molar-refractivity contribution in [2.24, 2.45) is 39.2 Å². The second kappa shape index (κ2) is 64.6. The van der Waals surface area contributed by atoms with Gasteiger partial charge in [-0.2, -0.15) is 0 Å². The minimum atomic E-state index is -1.92. The molecule has 1 aliphatic heterocycles. The van der Waals surface area contributed by atoms with Crippen LogP contribution in [0.4, 0.5) is 4.79 Å². The van der Waals surface area contributed by atoms with Crippen molar-refractivity contribution in [3.8, 4) is 142 Å². The van der Waals surface area contributed by atoms with Crippen molar-refractivity contribution < 1.29 is 87.7 Å². The number of aliphatic hydroxyl groups is 5. The summed E-state index contributed by atoms with van der Waals surface area (Å²) in [7, 11) is 1.48. The third-order valence-corrected chi connectivity index (χ3v) is 18.0. The zero-order chi connectivity index (χ0) is 87.6. The van der Waals surface area contributed by atoms with Gasteiger partial charge in [-0.05, 0) is 178 Å². The first-order valence-corrected chi connectivity index (χ1v) is 39.9. The van der Waals surface area contributed by atoms with Crippen LogP contribution in [0.15, 0.2) is 70.8 Å². The van der Waals surface area contributed by atoms with E-state index in [1.807, 2.05) is 0 Å². The van der Waals surface area contributed by atoms with Crippen LogP contribution < -0.4 is 43.8 Å². The van der Waals surface area contributed by atoms with Crippen molar-refractivity contribution in [2.45, 2.75) is 236 Å². The highest BCUT2D eigenvalue weighted by molar-refractivity contribution is 5.96. The quantitative estimate of drug-likeness (QED) is 0.00860. The highest BCUT2D eigenvalue weighted by Gasteiger charge is 2.45. The highest BCUT2D eigenvalue weighted by Crippen LogP contribution is 2.25. The van der Waals surface area contributed by atoms with E-state index in [2.05, 4.69) is 186 Å². The number of aliphatic hydroxyl groups excluding tert-OH is 5. The Balaban J connectivity index is 1.62. The third kappa shape index (κ3) is 47.7. The van der Waals surface area contributed by atoms with Crippen LogP contribution in [0.25, 0.3) is 0 Å². The first-order valence-electron chi connectivity index (χ1n) is 39.9. The molecule has 1 aliphatic rings. The standard InChI is InChI=1S/C92H110N10O18/c1-5-7-9-11-13-15-17-19-20-21-22-23-24-25-26-27-28-29-31-33-35-37-45-56-81(106)100-76(84(109)77(103)55-44-36-34-32-30-18-16-14-12-10-8-6-2)66-116-90-87(112)86(111)85(110)80(120-90)65-98-92(115)118-68-117-83(108)58-57-69(3)102-119-67-82(107)99-75(62-71-51-42-39-43-52-71)79(105)64-73(61-70-49-40-38-41-50-70)89(114)101-74(54-48-60-97-91(94)95)78(104)63-72(88(113)96-4)53-46-47-59-93/h38-43,49-52,72-77,80,84-87,90,103,109-112H,6,8,10,12,14,16,18,30,32,34,36,44,46-48,53-55,57-68,93H2,1-4H3,(H,96,113)(H,98,115)(H,99,107)(H,100,106)(H,101,114)(H4,94,95,97)/b102-69+/t72?,73?,74?,75?,76-,77+,80?,84-,85-,86-,87?,90-/m0/s1. The Bertz CT molecular complexity index is 4500. The van der Waals surface area contributed by atoms with Gasteiger partial charge in [-0.15, -0.1) is 0 Å². The summed E-state index contributed by atoms with van der Waals surface area (Å²) in [6, 6.07) is 14.2. The Labute approximate surface area is 705 Å². The molecule has 1 saturated heterocycles. The minimum absolute atomic E-state index is 0.0276. The predicted octanol–water partition coefficient (Wildman–Crippen LogP) is 3.10. The van der Waals surface area contributed by atoms with E-state index in [-0.39, 0.29) is 75.5 Å². The number of unbranched alkanes of at least 4 members (excludes halogenated alkanes) is 12. The van der Waals surface area contributed by atoms with Crippen molar-refractivity contribution in [1.29, 1.82) is 0 Å². The van der Waals surface area contributed by atoms with E-state index in [4.69, 9.17) is 41.0 Å². The first-order chi connectivity index (χ1) is 58.1. The maximum Gasteiger partial charge on any atom is 0.410 e. The maximum absolute atomic E-state index is 14.5. The van der Waals surface area contributed by atoms with Gasteiger partial charge in [0, 0.05) is 86.3 Å². The largest absolute Gasteiger partial charge is 0.428 e. The number of aliphatic imine (C=N–C) groups is 1. The maximum atomic E-state index is 14.5. The Hall–Kier alpha value is -12.5. The summed E-state index contributed by atoms with van der Waals surface area (Å²) in [5.41, 5.74) is 18.5. The number of carbonyl (C=O) groups excluding carboxylic acids is 8. The summed E-state index contributed by atoms with van der Waals surface area (Å²) in [5.74, 6) is 53.0. The molecule has 120 heavy (non-hydrogen) atoms. The predicted molar refractivity (Wildman–Crippen MR) is 452 cm³/mol. The molecule has 0 aromatic heterocycles. The van der Waals surface area contributed by atoms with Gasteiger partial charge in [-0.3, -0.25) is 38.6 Å². The van der Waals surface area contributed by atoms with Gasteiger partial charge >= 0.3 is 12.1 Å². The highest BCUT2D eigenvalue weighted by atomic mass is 16.7. The van der Waals surface area contributed by atoms with E-state index in [0.29, 0.717) is 44.2 Å². The number of hydrogen-bond donors (Lipinski definition) is 13. The molecule has 636 valence electrons. The number of benzene rings is 2. The van der Waals surface area contributed by atoms with Crippen LogP contribution in [-0.2, 0) is 70.2 Å². The van der Waals surface area contributed by atoms with E-state index < -0.39 is 141 Å². The first kappa shape index (κ1) is 102. The molecule has 28 heteroatoms. The number of nitrogens with zero attached hydrogens (tertiary/aromatic N) is 2. The van der Waals surface area contributed by atoms with Crippen molar-refractivity contribution in [3.63, 3.8) is 0 Å². The fraction of sp³-hybridized carbons (Fsp3) is 0.500. The van der Waals surface area contributed by atoms with Gasteiger partial charge in [0.05, 0.1) is 43.0 Å². The molecule has 0 saturated carbocycles. The smallest absolute Gasteiger partial charge is 0.410 e. The number of hydrogen-bond acceptors (Lipinski definition) is 21. The molecule has 2 aromatic carbocycles. The third-order valence-electron chi connectivity index (χ3n) is 18.0. The zero-order valence-electron chi connectivity index (χ0n) is 68.6. The van der Waals surface area contributed by atoms with Crippen LogP contribution >= 0.6 is 0 Å². The molecular formula is C92H110N10O18. The summed E-state index contributed by atoms with van der Waals surface area (Å²) in [6.45, 7) is 3.16. The summed E-state index contributed by atoms with van der Waals surface area (Å²) < 4.78 is 21.5. The van der Waals surface area contributed by atoms with Gasteiger partial charge in [0.2, 0.25) is 18.6 Å². The molecule has 0 aliphatic carbocycles. The van der Waals surface area contributed by atoms with Crippen LogP contribution in [0.2, 0.25) is 0 Å². The van der Waals surface area contributed by atoms with E-state index >= 15 is 0 Å². The van der Waals surface area contributed by atoms with Crippen LogP contribution in [-0.4, -0.2) is 192 Å². The number of nitrogens with two attached hydrogens (primary N) is 3. The Kier molecular flexibility index (Phi) is 54.8. The lowest BCUT2D eigenvalue weighted by molar-refractivity contribution is -0.297. The fourth-order valence-electron chi connectivity index (χ4n) is 11.7. The average molecular weight is 1640 g/mol. The van der Waals surface area contributed by atoms with Gasteiger partial charge in [0.15, 0.2) is 30.4 Å². The lowest BCUT2D eigenvalue weighted by Crippen LogP contribution is -2.61. The lowest BCUT2D eigenvalue weighted by Gasteiger charge is -2.41. The molecule has 12 atom stereocenters. The van der Waals surface area contributed by atoms with Crippen molar-refractivity contribution in [1.82, 2.24) is 26.6 Å². The molecule has 6 unspecified atom stereocenters. The molecule has 1 heterocycles. The number of ketones is 2. The number of guanidine groups is 1. The van der Waals surface area contributed by atoms with Crippen molar-refractivity contribution >= 4 is 58.9 Å². The van der Waals surface area contributed by atoms with E-state index in [0.717, 1.165) is 37.7 Å². The number of rotatable bonds is 51. The van der Waals surface area contributed by atoms with Gasteiger partial charge in [-0.1, -0.05) is 162 Å². The number of esters is 1. The molecule has 1 fully saturated rings. The molecule has 3 rings (SSSR count). The number of nitrogens with one attached hydrogen (secondary N) is 5. The number of ether oxygens (including phenoxy) is 4. The van der Waals surface area contributed by atoms with Crippen LogP contribution in [0.3, 0.4) is 0 Å². The summed E-state index contributed by atoms with van der Waals surface area (Å²) in [4.78, 5) is 118. The van der Waals surface area contributed by atoms with Crippen molar-refractivity contribution in [3.05, 3.63) is 71.8 Å². The summed E-state index contributed by atoms with van der Waals surface area (Å²) >= 11 is 0. The molecule has 28 nitrogen and oxygen atoms in total. The SMILES string of the molecule is CC#CC#CC#CC#CC#CC#CC#CC#CC#CC#CC#CC#CC(=O)N[C@@H](CO[C@H]1OC(CNC(=O)OCOC(=O)CC/C(C)=N/OCC(=O)NC(Cc2ccccc2)C(=O)CC(Cc2ccccc2)C(=O)NC(CCCN=C(N)N)C(=O)CC(CCCCN)C(=O)NC)[C@H](O)[C@H](O)C1O)[C@H](O)[C@H](O)CCCCCCCCCCCCCC. The topological polar surface area (TPSA) is 447 Å². The van der Waals surface area contributed by atoms with E-state index in [1.165, 1.54) is 52.5 Å². The number of carbonyl (C=O) groups is 8. The zero-order valence-corrected chi connectivity index (χ0v) is 68.6. The summed E-state index contributed by atoms with van der Waals surface area (Å²) in [5, 5.41) is 72.2. The Morgan fingerprint density at radius 2 is 1.07 bits per heavy atom. The fourth-order valence-corrected chi connectivity index (χ4v) is 11.7. The summed E-state index contributed by atoms with van der Waals surface area (Å²) in [6.07, 6.45) is 1.29. The number of amides is 5. The minimum Gasteiger partial charge on any atom is -0.428 e. The molecule has 0 radical (unpaired) electrons. The van der Waals surface area contributed by atoms with Gasteiger partial charge < -0.3 is 93.1 Å². The average Bonchev–Trinajstić information content (AvgIpc) is 0.813. The van der Waals surface area contributed by atoms with Gasteiger partial charge in [0.25, 0.3) is 11.8 Å². The second-order valence-electron chi connectivity index (χ2n) is 27.5. The normalized spacial score (nSPS) is 15.5.